The van der Waals surface area contributed by atoms with Crippen LogP contribution < -0.4 is 5.73 Å². The van der Waals surface area contributed by atoms with Crippen LogP contribution in [-0.4, -0.2) is 9.97 Å². The van der Waals surface area contributed by atoms with E-state index in [0.29, 0.717) is 10.4 Å². The number of aromatic amines is 1. The highest BCUT2D eigenvalue weighted by atomic mass is 79.9. The third kappa shape index (κ3) is 1.87. The van der Waals surface area contributed by atoms with Gasteiger partial charge in [0.1, 0.15) is 5.82 Å². The molecule has 0 saturated carbocycles. The SMILES string of the molecule is Cc1[nH]c(N)nc1-c1ccc(F)c(Br)c1. The lowest BCUT2D eigenvalue weighted by molar-refractivity contribution is 0.621. The van der Waals surface area contributed by atoms with Gasteiger partial charge in [0.05, 0.1) is 10.2 Å². The summed E-state index contributed by atoms with van der Waals surface area (Å²) < 4.78 is 13.4. The Hall–Kier alpha value is -1.36. The number of anilines is 1. The number of nitrogen functional groups attached to an aromatic ring is 1. The average Bonchev–Trinajstić information content (AvgIpc) is 2.50. The molecular weight excluding hydrogens is 261 g/mol. The summed E-state index contributed by atoms with van der Waals surface area (Å²) in [6.45, 7) is 1.87. The molecule has 0 radical (unpaired) electrons. The van der Waals surface area contributed by atoms with Gasteiger partial charge in [0.15, 0.2) is 5.95 Å². The Morgan fingerprint density at radius 1 is 1.47 bits per heavy atom. The molecule has 0 spiro atoms. The zero-order valence-electron chi connectivity index (χ0n) is 8.01. The molecule has 0 unspecified atom stereocenters. The average molecular weight is 270 g/mol. The lowest BCUT2D eigenvalue weighted by atomic mass is 10.1. The van der Waals surface area contributed by atoms with Crippen LogP contribution in [0.25, 0.3) is 11.3 Å². The van der Waals surface area contributed by atoms with Crippen molar-refractivity contribution in [1.29, 1.82) is 0 Å². The largest absolute Gasteiger partial charge is 0.369 e. The van der Waals surface area contributed by atoms with Gasteiger partial charge in [-0.25, -0.2) is 9.37 Å². The Morgan fingerprint density at radius 3 is 2.73 bits per heavy atom. The molecule has 0 aliphatic heterocycles. The maximum Gasteiger partial charge on any atom is 0.198 e. The molecule has 5 heteroatoms. The Labute approximate surface area is 94.7 Å². The first-order valence-corrected chi connectivity index (χ1v) is 5.14. The van der Waals surface area contributed by atoms with Crippen LogP contribution in [0.4, 0.5) is 10.3 Å². The molecule has 1 aromatic heterocycles. The van der Waals surface area contributed by atoms with Crippen molar-refractivity contribution in [3.05, 3.63) is 34.2 Å². The topological polar surface area (TPSA) is 54.7 Å². The fraction of sp³-hybridized carbons (Fsp3) is 0.100. The fourth-order valence-corrected chi connectivity index (χ4v) is 1.79. The van der Waals surface area contributed by atoms with E-state index in [1.165, 1.54) is 6.07 Å². The van der Waals surface area contributed by atoms with Crippen LogP contribution in [0.5, 0.6) is 0 Å². The molecule has 2 aromatic rings. The van der Waals surface area contributed by atoms with Crippen LogP contribution in [0.3, 0.4) is 0 Å². The first-order chi connectivity index (χ1) is 7.08. The van der Waals surface area contributed by atoms with Crippen LogP contribution in [-0.2, 0) is 0 Å². The van der Waals surface area contributed by atoms with Crippen molar-refractivity contribution < 1.29 is 4.39 Å². The Morgan fingerprint density at radius 2 is 2.20 bits per heavy atom. The van der Waals surface area contributed by atoms with E-state index in [1.807, 2.05) is 6.92 Å². The van der Waals surface area contributed by atoms with E-state index in [2.05, 4.69) is 25.9 Å². The second-order valence-electron chi connectivity index (χ2n) is 3.22. The second-order valence-corrected chi connectivity index (χ2v) is 4.08. The van der Waals surface area contributed by atoms with Crippen LogP contribution in [0, 0.1) is 12.7 Å². The van der Waals surface area contributed by atoms with E-state index < -0.39 is 0 Å². The van der Waals surface area contributed by atoms with Gasteiger partial charge in [-0.15, -0.1) is 0 Å². The Balaban J connectivity index is 2.54. The fourth-order valence-electron chi connectivity index (χ4n) is 1.41. The van der Waals surface area contributed by atoms with Crippen molar-refractivity contribution >= 4 is 21.9 Å². The van der Waals surface area contributed by atoms with E-state index in [4.69, 9.17) is 5.73 Å². The third-order valence-electron chi connectivity index (χ3n) is 2.10. The summed E-state index contributed by atoms with van der Waals surface area (Å²) in [6, 6.07) is 4.74. The molecular formula is C10H9BrFN3. The maximum atomic E-state index is 13.0. The van der Waals surface area contributed by atoms with Gasteiger partial charge in [-0.2, -0.15) is 0 Å². The molecule has 0 saturated heterocycles. The summed E-state index contributed by atoms with van der Waals surface area (Å²) in [7, 11) is 0. The van der Waals surface area contributed by atoms with Gasteiger partial charge in [-0.1, -0.05) is 0 Å². The van der Waals surface area contributed by atoms with E-state index in [1.54, 1.807) is 12.1 Å². The highest BCUT2D eigenvalue weighted by Crippen LogP contribution is 2.26. The number of nitrogens with zero attached hydrogens (tertiary/aromatic N) is 1. The van der Waals surface area contributed by atoms with E-state index in [-0.39, 0.29) is 5.82 Å². The summed E-state index contributed by atoms with van der Waals surface area (Å²) in [6.07, 6.45) is 0. The molecule has 15 heavy (non-hydrogen) atoms. The zero-order valence-corrected chi connectivity index (χ0v) is 9.60. The summed E-state index contributed by atoms with van der Waals surface area (Å²) in [5, 5.41) is 0. The van der Waals surface area contributed by atoms with Crippen LogP contribution in [0.1, 0.15) is 5.69 Å². The van der Waals surface area contributed by atoms with Gasteiger partial charge in [0, 0.05) is 11.3 Å². The Kier molecular flexibility index (Phi) is 2.48. The van der Waals surface area contributed by atoms with Crippen molar-refractivity contribution in [3.8, 4) is 11.3 Å². The predicted octanol–water partition coefficient (Wildman–Crippen LogP) is 2.87. The second kappa shape index (κ2) is 3.66. The van der Waals surface area contributed by atoms with Crippen LogP contribution >= 0.6 is 15.9 Å². The number of hydrogen-bond donors (Lipinski definition) is 2. The first kappa shape index (κ1) is 10.2. The van der Waals surface area contributed by atoms with Crippen molar-refractivity contribution in [2.24, 2.45) is 0 Å². The third-order valence-corrected chi connectivity index (χ3v) is 2.70. The molecule has 3 nitrogen and oxygen atoms in total. The van der Waals surface area contributed by atoms with Gasteiger partial charge in [-0.05, 0) is 41.1 Å². The standard InChI is InChI=1S/C10H9BrFN3/c1-5-9(15-10(13)14-5)6-2-3-8(12)7(11)4-6/h2-4H,1H3,(H3,13,14,15). The van der Waals surface area contributed by atoms with E-state index in [9.17, 15) is 4.39 Å². The molecule has 0 bridgehead atoms. The summed E-state index contributed by atoms with van der Waals surface area (Å²) in [5.74, 6) is 0.0721. The summed E-state index contributed by atoms with van der Waals surface area (Å²) >= 11 is 3.13. The van der Waals surface area contributed by atoms with Crippen molar-refractivity contribution in [2.45, 2.75) is 6.92 Å². The minimum absolute atomic E-state index is 0.292. The van der Waals surface area contributed by atoms with Gasteiger partial charge < -0.3 is 10.7 Å². The van der Waals surface area contributed by atoms with Crippen molar-refractivity contribution in [1.82, 2.24) is 9.97 Å². The van der Waals surface area contributed by atoms with Gasteiger partial charge in [0.25, 0.3) is 0 Å². The first-order valence-electron chi connectivity index (χ1n) is 4.35. The number of rotatable bonds is 1. The number of aromatic nitrogens is 2. The summed E-state index contributed by atoms with van der Waals surface area (Å²) in [5.41, 5.74) is 7.97. The number of H-pyrrole nitrogens is 1. The molecule has 78 valence electrons. The molecule has 0 aliphatic rings. The van der Waals surface area contributed by atoms with Crippen molar-refractivity contribution in [3.63, 3.8) is 0 Å². The van der Waals surface area contributed by atoms with Gasteiger partial charge >= 0.3 is 0 Å². The number of imidazole rings is 1. The van der Waals surface area contributed by atoms with Gasteiger partial charge in [-0.3, -0.25) is 0 Å². The molecule has 0 aliphatic carbocycles. The van der Waals surface area contributed by atoms with E-state index >= 15 is 0 Å². The zero-order chi connectivity index (χ0) is 11.0. The van der Waals surface area contributed by atoms with Crippen LogP contribution in [0.2, 0.25) is 0 Å². The quantitative estimate of drug-likeness (QED) is 0.837. The molecule has 0 amide bonds. The normalized spacial score (nSPS) is 10.6. The summed E-state index contributed by atoms with van der Waals surface area (Å²) in [4.78, 5) is 7.03. The van der Waals surface area contributed by atoms with Crippen LogP contribution in [0.15, 0.2) is 22.7 Å². The lowest BCUT2D eigenvalue weighted by Gasteiger charge is -2.00. The monoisotopic (exact) mass is 269 g/mol. The number of halogens is 2. The Bertz CT molecular complexity index is 507. The van der Waals surface area contributed by atoms with Crippen molar-refractivity contribution in [2.75, 3.05) is 5.73 Å². The number of hydrogen-bond acceptors (Lipinski definition) is 2. The lowest BCUT2D eigenvalue weighted by Crippen LogP contribution is -1.86. The highest BCUT2D eigenvalue weighted by Gasteiger charge is 2.09. The number of nitrogens with two attached hydrogens (primary N) is 1. The maximum absolute atomic E-state index is 13.0. The molecule has 1 heterocycles. The minimum Gasteiger partial charge on any atom is -0.369 e. The predicted molar refractivity (Wildman–Crippen MR) is 60.8 cm³/mol. The molecule has 0 atom stereocenters. The number of aryl methyl sites for hydroxylation is 1. The molecule has 2 rings (SSSR count). The highest BCUT2D eigenvalue weighted by molar-refractivity contribution is 9.10. The van der Waals surface area contributed by atoms with E-state index in [0.717, 1.165) is 17.0 Å². The number of benzene rings is 1. The molecule has 1 aromatic carbocycles. The number of nitrogens with one attached hydrogen (secondary N) is 1. The minimum atomic E-state index is -0.292. The van der Waals surface area contributed by atoms with Gasteiger partial charge in [0.2, 0.25) is 0 Å². The molecule has 0 fully saturated rings. The smallest absolute Gasteiger partial charge is 0.198 e. The molecule has 3 N–H and O–H groups in total.